The van der Waals surface area contributed by atoms with E-state index in [2.05, 4.69) is 37.6 Å². The molecule has 0 aliphatic carbocycles. The van der Waals surface area contributed by atoms with Crippen LogP contribution in [0.5, 0.6) is 0 Å². The van der Waals surface area contributed by atoms with E-state index in [-0.39, 0.29) is 30.2 Å². The Morgan fingerprint density at radius 1 is 1.07 bits per heavy atom. The minimum Gasteiger partial charge on any atom is -0.378 e. The van der Waals surface area contributed by atoms with Crippen LogP contribution in [0.3, 0.4) is 0 Å². The van der Waals surface area contributed by atoms with Crippen molar-refractivity contribution in [2.45, 2.75) is 31.2 Å². The van der Waals surface area contributed by atoms with E-state index in [1.807, 2.05) is 32.3 Å². The number of hydrogen-bond donors (Lipinski definition) is 2. The van der Waals surface area contributed by atoms with Gasteiger partial charge in [0.15, 0.2) is 0 Å². The molecule has 2 saturated heterocycles. The third kappa shape index (κ3) is 3.79. The van der Waals surface area contributed by atoms with E-state index in [0.29, 0.717) is 19.2 Å². The second kappa shape index (κ2) is 7.73. The molecule has 0 unspecified atom stereocenters. The van der Waals surface area contributed by atoms with Gasteiger partial charge in [-0.15, -0.1) is 0 Å². The summed E-state index contributed by atoms with van der Waals surface area (Å²) >= 11 is 0. The van der Waals surface area contributed by atoms with Crippen LogP contribution in [0.2, 0.25) is 0 Å². The molecule has 0 spiro atoms. The molecule has 28 heavy (non-hydrogen) atoms. The van der Waals surface area contributed by atoms with Crippen molar-refractivity contribution in [1.29, 1.82) is 0 Å². The van der Waals surface area contributed by atoms with Gasteiger partial charge >= 0.3 is 0 Å². The molecule has 2 aromatic rings. The molecule has 0 radical (unpaired) electrons. The van der Waals surface area contributed by atoms with Crippen molar-refractivity contribution < 1.29 is 14.3 Å². The Labute approximate surface area is 164 Å². The summed E-state index contributed by atoms with van der Waals surface area (Å²) in [4.78, 5) is 22.4. The van der Waals surface area contributed by atoms with Crippen LogP contribution in [0.25, 0.3) is 11.3 Å². The maximum Gasteiger partial charge on any atom is 0.223 e. The number of ether oxygens (including phenoxy) is 2. The van der Waals surface area contributed by atoms with Crippen molar-refractivity contribution in [2.24, 2.45) is 0 Å². The fraction of sp³-hybridized carbons (Fsp3) is 0.450. The number of carbonyl (C=O) groups is 1. The molecular weight excluding hydrogens is 358 g/mol. The molecule has 148 valence electrons. The normalized spacial score (nSPS) is 26.0. The largest absolute Gasteiger partial charge is 0.378 e. The zero-order valence-corrected chi connectivity index (χ0v) is 16.3. The van der Waals surface area contributed by atoms with Crippen molar-refractivity contribution >= 4 is 17.5 Å². The van der Waals surface area contributed by atoms with Crippen LogP contribution in [0, 0.1) is 0 Å². The first-order valence-electron chi connectivity index (χ1n) is 9.39. The van der Waals surface area contributed by atoms with Crippen LogP contribution < -0.4 is 15.5 Å². The van der Waals surface area contributed by atoms with Crippen molar-refractivity contribution in [3.63, 3.8) is 0 Å². The smallest absolute Gasteiger partial charge is 0.223 e. The second-order valence-electron chi connectivity index (χ2n) is 7.36. The lowest BCUT2D eigenvalue weighted by Crippen LogP contribution is -2.44. The molecule has 1 aromatic heterocycles. The molecule has 8 nitrogen and oxygen atoms in total. The van der Waals surface area contributed by atoms with Crippen LogP contribution in [-0.2, 0) is 14.3 Å². The van der Waals surface area contributed by atoms with Crippen LogP contribution >= 0.6 is 0 Å². The van der Waals surface area contributed by atoms with Crippen molar-refractivity contribution in [1.82, 2.24) is 15.3 Å². The van der Waals surface area contributed by atoms with Gasteiger partial charge in [0.25, 0.3) is 0 Å². The van der Waals surface area contributed by atoms with Crippen molar-refractivity contribution in [2.75, 3.05) is 37.5 Å². The minimum absolute atomic E-state index is 0.0601. The van der Waals surface area contributed by atoms with Gasteiger partial charge in [0.2, 0.25) is 11.9 Å². The maximum atomic E-state index is 11.3. The highest BCUT2D eigenvalue weighted by Gasteiger charge is 2.48. The third-order valence-corrected chi connectivity index (χ3v) is 5.09. The van der Waals surface area contributed by atoms with E-state index in [4.69, 9.17) is 9.47 Å². The number of anilines is 2. The number of nitrogens with one attached hydrogen (secondary N) is 2. The third-order valence-electron chi connectivity index (χ3n) is 5.09. The molecule has 0 saturated carbocycles. The lowest BCUT2D eigenvalue weighted by molar-refractivity contribution is -0.120. The molecule has 2 aliphatic rings. The number of carbonyl (C=O) groups excluding carboxylic acids is 1. The highest BCUT2D eigenvalue weighted by atomic mass is 16.6. The highest BCUT2D eigenvalue weighted by Crippen LogP contribution is 2.29. The van der Waals surface area contributed by atoms with Gasteiger partial charge < -0.3 is 25.0 Å². The number of rotatable bonds is 5. The number of benzene rings is 1. The zero-order valence-electron chi connectivity index (χ0n) is 16.3. The summed E-state index contributed by atoms with van der Waals surface area (Å²) < 4.78 is 11.7. The average Bonchev–Trinajstić information content (AvgIpc) is 3.25. The van der Waals surface area contributed by atoms with E-state index < -0.39 is 0 Å². The number of hydrogen-bond acceptors (Lipinski definition) is 7. The molecular formula is C20H25N5O3. The van der Waals surface area contributed by atoms with Crippen LogP contribution in [0.4, 0.5) is 11.6 Å². The fourth-order valence-corrected chi connectivity index (χ4v) is 3.69. The number of amides is 1. The van der Waals surface area contributed by atoms with E-state index >= 15 is 0 Å². The first kappa shape index (κ1) is 18.6. The predicted octanol–water partition coefficient (Wildman–Crippen LogP) is 1.29. The molecule has 0 bridgehead atoms. The Morgan fingerprint density at radius 3 is 2.43 bits per heavy atom. The molecule has 4 rings (SSSR count). The van der Waals surface area contributed by atoms with Crippen molar-refractivity contribution in [3.05, 3.63) is 36.5 Å². The summed E-state index contributed by atoms with van der Waals surface area (Å²) in [5, 5.41) is 6.22. The van der Waals surface area contributed by atoms with Gasteiger partial charge in [-0.2, -0.15) is 0 Å². The van der Waals surface area contributed by atoms with Crippen LogP contribution in [-0.4, -0.2) is 67.5 Å². The number of fused-ring (bicyclic) bond motifs is 1. The minimum atomic E-state index is -0.150. The summed E-state index contributed by atoms with van der Waals surface area (Å²) in [6, 6.07) is 9.95. The van der Waals surface area contributed by atoms with Crippen LogP contribution in [0.15, 0.2) is 36.5 Å². The summed E-state index contributed by atoms with van der Waals surface area (Å²) in [5.41, 5.74) is 3.01. The molecule has 2 N–H and O–H groups in total. The monoisotopic (exact) mass is 383 g/mol. The van der Waals surface area contributed by atoms with Gasteiger partial charge in [0.05, 0.1) is 31.0 Å². The van der Waals surface area contributed by atoms with Crippen LogP contribution in [0.1, 0.15) is 6.92 Å². The molecule has 4 atom stereocenters. The standard InChI is InChI=1S/C20H25N5O3/c1-12(26)22-16-10-27-19-17(11-28-18(16)19)24-20-21-9-8-15(23-20)13-4-6-14(7-5-13)25(2)3/h4-9,16-19H,10-11H2,1-3H3,(H,22,26)(H,21,23,24)/t16-,17+,18-,19+/m1/s1. The molecule has 3 heterocycles. The molecule has 2 fully saturated rings. The topological polar surface area (TPSA) is 88.6 Å². The Hall–Kier alpha value is -2.71. The van der Waals surface area contributed by atoms with Gasteiger partial charge in [-0.3, -0.25) is 4.79 Å². The first-order chi connectivity index (χ1) is 13.5. The van der Waals surface area contributed by atoms with E-state index in [1.165, 1.54) is 6.92 Å². The number of nitrogens with zero attached hydrogens (tertiary/aromatic N) is 3. The Morgan fingerprint density at radius 2 is 1.75 bits per heavy atom. The molecule has 1 amide bonds. The zero-order chi connectivity index (χ0) is 19.7. The fourth-order valence-electron chi connectivity index (χ4n) is 3.69. The summed E-state index contributed by atoms with van der Waals surface area (Å²) in [6.07, 6.45) is 1.46. The van der Waals surface area contributed by atoms with Gasteiger partial charge in [0.1, 0.15) is 12.2 Å². The molecule has 1 aromatic carbocycles. The quantitative estimate of drug-likeness (QED) is 0.804. The predicted molar refractivity (Wildman–Crippen MR) is 106 cm³/mol. The Kier molecular flexibility index (Phi) is 5.15. The lowest BCUT2D eigenvalue weighted by atomic mass is 10.1. The Bertz CT molecular complexity index is 842. The summed E-state index contributed by atoms with van der Waals surface area (Å²) in [6.45, 7) is 2.44. The molecule has 2 aliphatic heterocycles. The second-order valence-corrected chi connectivity index (χ2v) is 7.36. The van der Waals surface area contributed by atoms with Crippen molar-refractivity contribution in [3.8, 4) is 11.3 Å². The lowest BCUT2D eigenvalue weighted by Gasteiger charge is -2.18. The van der Waals surface area contributed by atoms with E-state index in [9.17, 15) is 4.79 Å². The SMILES string of the molecule is CC(=O)N[C@@H]1CO[C@@H]2[C@@H]1OC[C@@H]2Nc1nccc(-c2ccc(N(C)C)cc2)n1. The Balaban J connectivity index is 1.45. The van der Waals surface area contributed by atoms with E-state index in [0.717, 1.165) is 16.9 Å². The van der Waals surface area contributed by atoms with Gasteiger partial charge in [-0.05, 0) is 18.2 Å². The average molecular weight is 383 g/mol. The van der Waals surface area contributed by atoms with Gasteiger partial charge in [0, 0.05) is 38.5 Å². The maximum absolute atomic E-state index is 11.3. The van der Waals surface area contributed by atoms with Gasteiger partial charge in [-0.25, -0.2) is 9.97 Å². The van der Waals surface area contributed by atoms with E-state index in [1.54, 1.807) is 6.20 Å². The highest BCUT2D eigenvalue weighted by molar-refractivity contribution is 5.73. The summed E-state index contributed by atoms with van der Waals surface area (Å²) in [7, 11) is 4.03. The summed E-state index contributed by atoms with van der Waals surface area (Å²) in [5.74, 6) is 0.459. The van der Waals surface area contributed by atoms with Gasteiger partial charge in [-0.1, -0.05) is 12.1 Å². The number of aromatic nitrogens is 2. The first-order valence-corrected chi connectivity index (χ1v) is 9.39. The molecule has 8 heteroatoms.